The van der Waals surface area contributed by atoms with Crippen LogP contribution in [0.3, 0.4) is 0 Å². The molecular formula is C20H32N4O. The standard InChI is InChI=1S/C20H32N4O/c25-20(17-7-8-17)22-19-9-12-21-24(19)18-10-14-23(15-11-18)13-3-6-16-4-1-2-5-16/h9,12,16-18H,1-8,10-11,13-15H2,(H,22,25). The fraction of sp³-hybridized carbons (Fsp3) is 0.800. The zero-order valence-electron chi connectivity index (χ0n) is 15.3. The summed E-state index contributed by atoms with van der Waals surface area (Å²) in [6.07, 6.45) is 14.8. The van der Waals surface area contributed by atoms with Crippen molar-refractivity contribution in [3.8, 4) is 0 Å². The highest BCUT2D eigenvalue weighted by Gasteiger charge is 2.31. The molecule has 1 aromatic heterocycles. The lowest BCUT2D eigenvalue weighted by molar-refractivity contribution is -0.117. The Morgan fingerprint density at radius 1 is 1.12 bits per heavy atom. The van der Waals surface area contributed by atoms with Gasteiger partial charge in [-0.25, -0.2) is 4.68 Å². The number of piperidine rings is 1. The van der Waals surface area contributed by atoms with Crippen molar-refractivity contribution in [2.45, 2.75) is 70.3 Å². The van der Waals surface area contributed by atoms with Gasteiger partial charge < -0.3 is 10.2 Å². The molecule has 4 rings (SSSR count). The van der Waals surface area contributed by atoms with E-state index < -0.39 is 0 Å². The molecule has 0 bridgehead atoms. The van der Waals surface area contributed by atoms with Crippen LogP contribution in [0.25, 0.3) is 0 Å². The van der Waals surface area contributed by atoms with Crippen molar-refractivity contribution in [1.29, 1.82) is 0 Å². The van der Waals surface area contributed by atoms with E-state index in [9.17, 15) is 4.79 Å². The van der Waals surface area contributed by atoms with Crippen molar-refractivity contribution < 1.29 is 4.79 Å². The number of hydrogen-bond donors (Lipinski definition) is 1. The molecule has 0 atom stereocenters. The minimum Gasteiger partial charge on any atom is -0.311 e. The third-order valence-electron chi connectivity index (χ3n) is 6.33. The highest BCUT2D eigenvalue weighted by atomic mass is 16.2. The van der Waals surface area contributed by atoms with Crippen LogP contribution in [0.1, 0.15) is 70.3 Å². The quantitative estimate of drug-likeness (QED) is 0.817. The van der Waals surface area contributed by atoms with Gasteiger partial charge in [0.1, 0.15) is 5.82 Å². The Morgan fingerprint density at radius 2 is 1.88 bits per heavy atom. The molecule has 25 heavy (non-hydrogen) atoms. The molecule has 2 aliphatic carbocycles. The molecule has 138 valence electrons. The molecule has 1 aromatic rings. The lowest BCUT2D eigenvalue weighted by Gasteiger charge is -2.32. The average Bonchev–Trinajstić information content (AvgIpc) is 3.17. The van der Waals surface area contributed by atoms with Crippen molar-refractivity contribution in [3.05, 3.63) is 12.3 Å². The number of likely N-dealkylation sites (tertiary alicyclic amines) is 1. The fourth-order valence-electron chi connectivity index (χ4n) is 4.57. The van der Waals surface area contributed by atoms with E-state index in [-0.39, 0.29) is 11.8 Å². The monoisotopic (exact) mass is 344 g/mol. The summed E-state index contributed by atoms with van der Waals surface area (Å²) < 4.78 is 2.05. The molecular weight excluding hydrogens is 312 g/mol. The summed E-state index contributed by atoms with van der Waals surface area (Å²) >= 11 is 0. The summed E-state index contributed by atoms with van der Waals surface area (Å²) in [7, 11) is 0. The van der Waals surface area contributed by atoms with Gasteiger partial charge in [0.15, 0.2) is 0 Å². The minimum atomic E-state index is 0.172. The van der Waals surface area contributed by atoms with E-state index in [0.717, 1.165) is 50.5 Å². The van der Waals surface area contributed by atoms with Crippen LogP contribution < -0.4 is 5.32 Å². The van der Waals surface area contributed by atoms with Gasteiger partial charge in [0.25, 0.3) is 0 Å². The molecule has 0 unspecified atom stereocenters. The Balaban J connectivity index is 1.22. The highest BCUT2D eigenvalue weighted by Crippen LogP contribution is 2.32. The molecule has 1 N–H and O–H groups in total. The maximum atomic E-state index is 12.0. The fourth-order valence-corrected chi connectivity index (χ4v) is 4.57. The van der Waals surface area contributed by atoms with Crippen molar-refractivity contribution in [2.24, 2.45) is 11.8 Å². The van der Waals surface area contributed by atoms with Crippen LogP contribution in [0.15, 0.2) is 12.3 Å². The first kappa shape index (κ1) is 17.1. The van der Waals surface area contributed by atoms with Gasteiger partial charge in [-0.2, -0.15) is 5.10 Å². The number of nitrogens with one attached hydrogen (secondary N) is 1. The van der Waals surface area contributed by atoms with Gasteiger partial charge in [0, 0.05) is 25.1 Å². The van der Waals surface area contributed by atoms with Crippen LogP contribution >= 0.6 is 0 Å². The third-order valence-corrected chi connectivity index (χ3v) is 6.33. The van der Waals surface area contributed by atoms with Crippen LogP contribution in [0.4, 0.5) is 5.82 Å². The summed E-state index contributed by atoms with van der Waals surface area (Å²) in [6.45, 7) is 3.57. The number of anilines is 1. The maximum Gasteiger partial charge on any atom is 0.228 e. The molecule has 5 heteroatoms. The van der Waals surface area contributed by atoms with Crippen molar-refractivity contribution in [1.82, 2.24) is 14.7 Å². The molecule has 2 saturated carbocycles. The second-order valence-corrected chi connectivity index (χ2v) is 8.29. The van der Waals surface area contributed by atoms with Gasteiger partial charge in [-0.3, -0.25) is 4.79 Å². The van der Waals surface area contributed by atoms with Gasteiger partial charge in [-0.15, -0.1) is 0 Å². The summed E-state index contributed by atoms with van der Waals surface area (Å²) in [5, 5.41) is 7.57. The first-order valence-electron chi connectivity index (χ1n) is 10.4. The second-order valence-electron chi connectivity index (χ2n) is 8.29. The predicted molar refractivity (Wildman–Crippen MR) is 99.5 cm³/mol. The topological polar surface area (TPSA) is 50.2 Å². The van der Waals surface area contributed by atoms with Gasteiger partial charge in [-0.1, -0.05) is 25.7 Å². The Bertz CT molecular complexity index is 566. The third kappa shape index (κ3) is 4.43. The molecule has 1 amide bonds. The zero-order chi connectivity index (χ0) is 17.1. The second kappa shape index (κ2) is 7.90. The number of carbonyl (C=O) groups is 1. The molecule has 1 saturated heterocycles. The van der Waals surface area contributed by atoms with Gasteiger partial charge in [-0.05, 0) is 51.0 Å². The van der Waals surface area contributed by atoms with Crippen LogP contribution in [0, 0.1) is 11.8 Å². The molecule has 3 aliphatic rings. The van der Waals surface area contributed by atoms with E-state index in [0.29, 0.717) is 6.04 Å². The molecule has 1 aliphatic heterocycles. The van der Waals surface area contributed by atoms with E-state index in [1.54, 1.807) is 0 Å². The van der Waals surface area contributed by atoms with Crippen LogP contribution in [-0.2, 0) is 4.79 Å². The maximum absolute atomic E-state index is 12.0. The van der Waals surface area contributed by atoms with E-state index in [1.165, 1.54) is 45.1 Å². The molecule has 0 spiro atoms. The number of aromatic nitrogens is 2. The molecule has 0 radical (unpaired) electrons. The number of amides is 1. The normalized spacial score (nSPS) is 23.2. The van der Waals surface area contributed by atoms with E-state index in [4.69, 9.17) is 0 Å². The van der Waals surface area contributed by atoms with E-state index in [1.807, 2.05) is 12.3 Å². The SMILES string of the molecule is O=C(Nc1ccnn1C1CCN(CCCC2CCCC2)CC1)C1CC1. The number of hydrogen-bond acceptors (Lipinski definition) is 3. The first-order chi connectivity index (χ1) is 12.3. The molecule has 5 nitrogen and oxygen atoms in total. The highest BCUT2D eigenvalue weighted by molar-refractivity contribution is 5.93. The first-order valence-corrected chi connectivity index (χ1v) is 10.4. The number of rotatable bonds is 7. The average molecular weight is 345 g/mol. The smallest absolute Gasteiger partial charge is 0.228 e. The summed E-state index contributed by atoms with van der Waals surface area (Å²) in [5.41, 5.74) is 0. The Labute approximate surface area is 151 Å². The molecule has 3 fully saturated rings. The Hall–Kier alpha value is -1.36. The van der Waals surface area contributed by atoms with Gasteiger partial charge >= 0.3 is 0 Å². The predicted octanol–water partition coefficient (Wildman–Crippen LogP) is 3.84. The van der Waals surface area contributed by atoms with Gasteiger partial charge in [0.2, 0.25) is 5.91 Å². The zero-order valence-corrected chi connectivity index (χ0v) is 15.3. The number of carbonyl (C=O) groups excluding carboxylic acids is 1. The van der Waals surface area contributed by atoms with E-state index in [2.05, 4.69) is 20.0 Å². The van der Waals surface area contributed by atoms with Crippen molar-refractivity contribution in [2.75, 3.05) is 25.0 Å². The summed E-state index contributed by atoms with van der Waals surface area (Å²) in [5.74, 6) is 2.31. The van der Waals surface area contributed by atoms with Crippen LogP contribution in [0.2, 0.25) is 0 Å². The Morgan fingerprint density at radius 3 is 2.60 bits per heavy atom. The largest absolute Gasteiger partial charge is 0.311 e. The van der Waals surface area contributed by atoms with Crippen LogP contribution in [0.5, 0.6) is 0 Å². The van der Waals surface area contributed by atoms with E-state index >= 15 is 0 Å². The van der Waals surface area contributed by atoms with Gasteiger partial charge in [0.05, 0.1) is 12.2 Å². The summed E-state index contributed by atoms with van der Waals surface area (Å²) in [4.78, 5) is 14.6. The number of nitrogens with zero attached hydrogens (tertiary/aromatic N) is 3. The minimum absolute atomic E-state index is 0.172. The van der Waals surface area contributed by atoms with Crippen molar-refractivity contribution in [3.63, 3.8) is 0 Å². The lowest BCUT2D eigenvalue weighted by atomic mass is 10.0. The molecule has 0 aromatic carbocycles. The lowest BCUT2D eigenvalue weighted by Crippen LogP contribution is -2.36. The summed E-state index contributed by atoms with van der Waals surface area (Å²) in [6, 6.07) is 2.37. The van der Waals surface area contributed by atoms with Crippen molar-refractivity contribution >= 4 is 11.7 Å². The van der Waals surface area contributed by atoms with Crippen LogP contribution in [-0.4, -0.2) is 40.2 Å². The molecule has 2 heterocycles. The Kier molecular flexibility index (Phi) is 5.39.